The molecule has 4 rings (SSSR count). The Labute approximate surface area is 218 Å². The highest BCUT2D eigenvalue weighted by Gasteiger charge is 2.29. The van der Waals surface area contributed by atoms with Crippen molar-refractivity contribution in [2.75, 3.05) is 26.4 Å². The van der Waals surface area contributed by atoms with Gasteiger partial charge < -0.3 is 9.69 Å². The summed E-state index contributed by atoms with van der Waals surface area (Å²) in [7, 11) is 2.21. The first-order chi connectivity index (χ1) is 16.4. The first-order valence-corrected chi connectivity index (χ1v) is 14.5. The predicted octanol–water partition coefficient (Wildman–Crippen LogP) is 7.42. The van der Waals surface area contributed by atoms with Gasteiger partial charge in [-0.1, -0.05) is 49.4 Å². The van der Waals surface area contributed by atoms with Gasteiger partial charge in [-0.25, -0.2) is 4.98 Å². The van der Waals surface area contributed by atoms with Crippen LogP contribution in [0.3, 0.4) is 0 Å². The summed E-state index contributed by atoms with van der Waals surface area (Å²) < 4.78 is 0. The number of likely N-dealkylation sites (tertiary alicyclic amines) is 1. The lowest BCUT2D eigenvalue weighted by atomic mass is 9.91. The minimum absolute atomic E-state index is 0.530. The quantitative estimate of drug-likeness (QED) is 0.352. The van der Waals surface area contributed by atoms with Gasteiger partial charge in [-0.15, -0.1) is 11.8 Å². The van der Waals surface area contributed by atoms with Crippen LogP contribution in [0.15, 0.2) is 61.6 Å². The molecule has 0 saturated carbocycles. The van der Waals surface area contributed by atoms with E-state index in [9.17, 15) is 4.79 Å². The summed E-state index contributed by atoms with van der Waals surface area (Å²) in [6, 6.07) is 3.92. The van der Waals surface area contributed by atoms with Crippen LogP contribution in [0.2, 0.25) is 5.02 Å². The van der Waals surface area contributed by atoms with E-state index in [0.717, 1.165) is 30.6 Å². The Kier molecular flexibility index (Phi) is 11.0. The van der Waals surface area contributed by atoms with Crippen molar-refractivity contribution in [2.24, 2.45) is 16.8 Å². The van der Waals surface area contributed by atoms with Crippen molar-refractivity contribution < 1.29 is 4.79 Å². The first kappa shape index (κ1) is 27.3. The minimum atomic E-state index is 0.530. The van der Waals surface area contributed by atoms with Crippen LogP contribution in [0.4, 0.5) is 0 Å². The molecule has 1 saturated heterocycles. The van der Waals surface area contributed by atoms with E-state index in [1.54, 1.807) is 18.0 Å². The zero-order chi connectivity index (χ0) is 24.5. The number of aldehydes is 1. The zero-order valence-corrected chi connectivity index (χ0v) is 23.1. The average Bonchev–Trinajstić information content (AvgIpc) is 3.25. The molecule has 3 aliphatic rings. The maximum Gasteiger partial charge on any atom is 0.120 e. The van der Waals surface area contributed by atoms with E-state index < -0.39 is 0 Å². The van der Waals surface area contributed by atoms with Crippen molar-refractivity contribution in [3.05, 3.63) is 56.6 Å². The van der Waals surface area contributed by atoms with E-state index in [1.165, 1.54) is 52.7 Å². The number of carbonyl (C=O) groups excluding carboxylic acids is 1. The van der Waals surface area contributed by atoms with Crippen LogP contribution in [0, 0.1) is 11.8 Å². The number of allylic oxidation sites excluding steroid dienone is 5. The smallest absolute Gasteiger partial charge is 0.120 e. The molecule has 1 fully saturated rings. The van der Waals surface area contributed by atoms with Gasteiger partial charge in [0.25, 0.3) is 0 Å². The van der Waals surface area contributed by atoms with Crippen LogP contribution < -0.4 is 0 Å². The molecule has 1 aromatic heterocycles. The highest BCUT2D eigenvalue weighted by atomic mass is 35.5. The van der Waals surface area contributed by atoms with Gasteiger partial charge in [-0.05, 0) is 80.6 Å². The fourth-order valence-corrected chi connectivity index (χ4v) is 5.74. The highest BCUT2D eigenvalue weighted by molar-refractivity contribution is 8.03. The summed E-state index contributed by atoms with van der Waals surface area (Å²) >= 11 is 9.62. The van der Waals surface area contributed by atoms with Gasteiger partial charge in [0.05, 0.1) is 10.7 Å². The molecule has 0 radical (unpaired) electrons. The van der Waals surface area contributed by atoms with Gasteiger partial charge in [0.1, 0.15) is 11.3 Å². The third kappa shape index (κ3) is 8.11. The molecule has 0 aromatic carbocycles. The normalized spacial score (nSPS) is 19.4. The number of halogens is 1. The largest absolute Gasteiger partial charge is 0.306 e. The monoisotopic (exact) mass is 517 g/mol. The lowest BCUT2D eigenvalue weighted by Gasteiger charge is -2.29. The van der Waals surface area contributed by atoms with E-state index in [-0.39, 0.29) is 0 Å². The Morgan fingerprint density at radius 3 is 2.50 bits per heavy atom. The van der Waals surface area contributed by atoms with Crippen LogP contribution in [-0.2, 0) is 4.79 Å². The van der Waals surface area contributed by atoms with Crippen LogP contribution in [-0.4, -0.2) is 48.3 Å². The SMILES string of the molecule is CC(C)CC=O.CSC1=CC=C(C2=C(Sc3ccc(Cl)cn3)CC(C3CCN(C)CC3)=N2)CC1. The molecular formula is C27H36ClN3OS2. The zero-order valence-electron chi connectivity index (χ0n) is 20.7. The molecular weight excluding hydrogens is 482 g/mol. The Hall–Kier alpha value is -1.34. The number of piperidine rings is 1. The third-order valence-electron chi connectivity index (χ3n) is 6.22. The number of hydrogen-bond donors (Lipinski definition) is 0. The second-order valence-corrected chi connectivity index (χ2v) is 11.9. The summed E-state index contributed by atoms with van der Waals surface area (Å²) in [5, 5.41) is 1.67. The van der Waals surface area contributed by atoms with Gasteiger partial charge in [0, 0.05) is 35.6 Å². The van der Waals surface area contributed by atoms with Crippen molar-refractivity contribution in [3.63, 3.8) is 0 Å². The molecule has 0 spiro atoms. The highest BCUT2D eigenvalue weighted by Crippen LogP contribution is 2.42. The molecule has 0 atom stereocenters. The molecule has 1 aromatic rings. The van der Waals surface area contributed by atoms with E-state index in [4.69, 9.17) is 16.6 Å². The second-order valence-electron chi connectivity index (χ2n) is 9.37. The Bertz CT molecular complexity index is 959. The first-order valence-electron chi connectivity index (χ1n) is 12.1. The van der Waals surface area contributed by atoms with Gasteiger partial charge in [0.15, 0.2) is 0 Å². The van der Waals surface area contributed by atoms with Gasteiger partial charge in [-0.2, -0.15) is 0 Å². The van der Waals surface area contributed by atoms with Crippen molar-refractivity contribution in [3.8, 4) is 0 Å². The lowest BCUT2D eigenvalue weighted by Crippen LogP contribution is -2.33. The topological polar surface area (TPSA) is 45.6 Å². The summed E-state index contributed by atoms with van der Waals surface area (Å²) in [5.41, 5.74) is 3.95. The maximum absolute atomic E-state index is 9.62. The number of pyridine rings is 1. The Morgan fingerprint density at radius 2 is 1.97 bits per heavy atom. The molecule has 0 N–H and O–H groups in total. The van der Waals surface area contributed by atoms with E-state index >= 15 is 0 Å². The average molecular weight is 518 g/mol. The number of hydrogen-bond acceptors (Lipinski definition) is 6. The fraction of sp³-hybridized carbons (Fsp3) is 0.519. The van der Waals surface area contributed by atoms with Crippen molar-refractivity contribution in [1.29, 1.82) is 0 Å². The van der Waals surface area contributed by atoms with Gasteiger partial charge in [-0.3, -0.25) is 4.99 Å². The van der Waals surface area contributed by atoms with Crippen LogP contribution in [0.5, 0.6) is 0 Å². The number of aliphatic imine (C=N–C) groups is 1. The Morgan fingerprint density at radius 1 is 1.21 bits per heavy atom. The van der Waals surface area contributed by atoms with E-state index in [0.29, 0.717) is 23.3 Å². The van der Waals surface area contributed by atoms with Crippen molar-refractivity contribution in [1.82, 2.24) is 9.88 Å². The van der Waals surface area contributed by atoms with Crippen molar-refractivity contribution in [2.45, 2.75) is 57.4 Å². The number of rotatable bonds is 7. The molecule has 4 nitrogen and oxygen atoms in total. The molecule has 0 amide bonds. The molecule has 1 aliphatic carbocycles. The summed E-state index contributed by atoms with van der Waals surface area (Å²) in [6.45, 7) is 6.38. The molecule has 3 heterocycles. The number of carbonyl (C=O) groups is 1. The van der Waals surface area contributed by atoms with Crippen LogP contribution >= 0.6 is 35.1 Å². The fourth-order valence-electron chi connectivity index (χ4n) is 4.13. The predicted molar refractivity (Wildman–Crippen MR) is 149 cm³/mol. The molecule has 0 unspecified atom stereocenters. The third-order valence-corrected chi connectivity index (χ3v) is 8.35. The standard InChI is InChI=1S/C22H26ClN3S2.C5H10O/c1-26-11-9-15(10-12-26)19-13-20(28-21-8-5-17(23)14-24-21)22(25-19)16-3-6-18(27-2)7-4-16;1-5(2)3-4-6/h3,5-6,8,14-15H,4,7,9-13H2,1-2H3;4-5H,3H2,1-2H3. The summed E-state index contributed by atoms with van der Waals surface area (Å²) in [6.07, 6.45) is 15.7. The molecule has 184 valence electrons. The molecule has 34 heavy (non-hydrogen) atoms. The van der Waals surface area contributed by atoms with Crippen molar-refractivity contribution >= 4 is 47.1 Å². The maximum atomic E-state index is 9.62. The Balaban J connectivity index is 0.000000481. The minimum Gasteiger partial charge on any atom is -0.306 e. The van der Waals surface area contributed by atoms with Gasteiger partial charge >= 0.3 is 0 Å². The van der Waals surface area contributed by atoms with E-state index in [1.807, 2.05) is 37.7 Å². The summed E-state index contributed by atoms with van der Waals surface area (Å²) in [5.74, 6) is 1.14. The van der Waals surface area contributed by atoms with Gasteiger partial charge in [0.2, 0.25) is 0 Å². The number of aromatic nitrogens is 1. The number of thioether (sulfide) groups is 2. The second kappa shape index (κ2) is 13.7. The molecule has 2 aliphatic heterocycles. The number of nitrogens with zero attached hydrogens (tertiary/aromatic N) is 3. The molecule has 7 heteroatoms. The van der Waals surface area contributed by atoms with Crippen LogP contribution in [0.25, 0.3) is 0 Å². The van der Waals surface area contributed by atoms with Crippen LogP contribution in [0.1, 0.15) is 52.4 Å². The molecule has 0 bridgehead atoms. The lowest BCUT2D eigenvalue weighted by molar-refractivity contribution is -0.108. The van der Waals surface area contributed by atoms with E-state index in [2.05, 4.69) is 35.3 Å². The summed E-state index contributed by atoms with van der Waals surface area (Å²) in [4.78, 5) is 24.5.